The van der Waals surface area contributed by atoms with Gasteiger partial charge in [0.1, 0.15) is 0 Å². The Balaban J connectivity index is 1.77. The number of hydrogen-bond acceptors (Lipinski definition) is 5. The van der Waals surface area contributed by atoms with Gasteiger partial charge in [-0.25, -0.2) is 0 Å². The summed E-state index contributed by atoms with van der Waals surface area (Å²) in [5.74, 6) is 2.12. The molecule has 1 atom stereocenters. The fraction of sp³-hybridized carbons (Fsp3) is 0.769. The van der Waals surface area contributed by atoms with Crippen molar-refractivity contribution in [2.75, 3.05) is 0 Å². The number of nitrogens with zero attached hydrogens (tertiary/aromatic N) is 3. The summed E-state index contributed by atoms with van der Waals surface area (Å²) >= 11 is 1.94. The first-order valence-corrected chi connectivity index (χ1v) is 7.65. The van der Waals surface area contributed by atoms with Gasteiger partial charge in [0.15, 0.2) is 5.82 Å². The second-order valence-corrected chi connectivity index (χ2v) is 6.20. The Bertz CT molecular complexity index is 407. The third-order valence-corrected chi connectivity index (χ3v) is 4.58. The number of rotatable bonds is 5. The van der Waals surface area contributed by atoms with Crippen LogP contribution in [0.4, 0.5) is 0 Å². The summed E-state index contributed by atoms with van der Waals surface area (Å²) in [6.45, 7) is 1.86. The van der Waals surface area contributed by atoms with Crippen molar-refractivity contribution in [2.45, 2.75) is 56.5 Å². The van der Waals surface area contributed by atoms with Gasteiger partial charge in [-0.1, -0.05) is 24.4 Å². The van der Waals surface area contributed by atoms with E-state index in [2.05, 4.69) is 16.2 Å². The molecule has 1 aromatic rings. The lowest BCUT2D eigenvalue weighted by atomic mass is 10.0. The minimum atomic E-state index is -0.0655. The maximum atomic E-state index is 8.73. The Labute approximate surface area is 112 Å². The molecule has 0 N–H and O–H groups in total. The fourth-order valence-corrected chi connectivity index (χ4v) is 3.33. The van der Waals surface area contributed by atoms with Crippen molar-refractivity contribution in [3.8, 4) is 6.07 Å². The molecule has 0 bridgehead atoms. The topological polar surface area (TPSA) is 62.7 Å². The van der Waals surface area contributed by atoms with Crippen LogP contribution >= 0.6 is 11.8 Å². The van der Waals surface area contributed by atoms with Crippen LogP contribution in [0.5, 0.6) is 0 Å². The van der Waals surface area contributed by atoms with Gasteiger partial charge in [-0.3, -0.25) is 0 Å². The second-order valence-electron chi connectivity index (χ2n) is 4.91. The zero-order valence-corrected chi connectivity index (χ0v) is 11.6. The van der Waals surface area contributed by atoms with Gasteiger partial charge in [0.2, 0.25) is 5.89 Å². The van der Waals surface area contributed by atoms with Crippen molar-refractivity contribution < 1.29 is 4.52 Å². The number of thioether (sulfide) groups is 1. The van der Waals surface area contributed by atoms with Crippen LogP contribution in [0.3, 0.4) is 0 Å². The summed E-state index contributed by atoms with van der Waals surface area (Å²) in [6, 6.07) is 2.17. The number of aromatic nitrogens is 2. The molecule has 1 aromatic heterocycles. The fourth-order valence-electron chi connectivity index (χ4n) is 2.16. The van der Waals surface area contributed by atoms with Gasteiger partial charge in [0, 0.05) is 11.7 Å². The van der Waals surface area contributed by atoms with Crippen molar-refractivity contribution in [1.82, 2.24) is 10.1 Å². The molecule has 1 unspecified atom stereocenters. The monoisotopic (exact) mass is 265 g/mol. The van der Waals surface area contributed by atoms with Crippen LogP contribution in [0, 0.1) is 17.2 Å². The predicted molar refractivity (Wildman–Crippen MR) is 70.9 cm³/mol. The third kappa shape index (κ3) is 4.02. The van der Waals surface area contributed by atoms with Crippen LogP contribution in [0.1, 0.15) is 50.7 Å². The molecule has 1 saturated carbocycles. The maximum Gasteiger partial charge on any atom is 0.227 e. The van der Waals surface area contributed by atoms with Crippen molar-refractivity contribution >= 4 is 11.8 Å². The highest BCUT2D eigenvalue weighted by molar-refractivity contribution is 7.99. The number of hydrogen-bond donors (Lipinski definition) is 0. The van der Waals surface area contributed by atoms with Crippen molar-refractivity contribution in [3.05, 3.63) is 11.7 Å². The van der Waals surface area contributed by atoms with E-state index in [0.717, 1.165) is 16.8 Å². The molecule has 1 fully saturated rings. The van der Waals surface area contributed by atoms with Crippen LogP contribution in [0.15, 0.2) is 4.52 Å². The summed E-state index contributed by atoms with van der Waals surface area (Å²) < 4.78 is 5.15. The molecule has 1 heterocycles. The quantitative estimate of drug-likeness (QED) is 0.817. The maximum absolute atomic E-state index is 8.73. The first-order valence-electron chi connectivity index (χ1n) is 6.60. The molecule has 0 radical (unpaired) electrons. The Hall–Kier alpha value is -1.02. The zero-order valence-electron chi connectivity index (χ0n) is 10.8. The Morgan fingerprint density at radius 1 is 1.44 bits per heavy atom. The molecule has 5 heteroatoms. The first-order chi connectivity index (χ1) is 8.78. The summed E-state index contributed by atoms with van der Waals surface area (Å²) in [5.41, 5.74) is 0. The molecular weight excluding hydrogens is 246 g/mol. The smallest absolute Gasteiger partial charge is 0.227 e. The molecule has 0 aliphatic heterocycles. The van der Waals surface area contributed by atoms with E-state index >= 15 is 0 Å². The van der Waals surface area contributed by atoms with Gasteiger partial charge < -0.3 is 4.52 Å². The highest BCUT2D eigenvalue weighted by Crippen LogP contribution is 2.29. The lowest BCUT2D eigenvalue weighted by Gasteiger charge is -2.19. The summed E-state index contributed by atoms with van der Waals surface area (Å²) in [6.07, 6.45) is 7.29. The van der Waals surface area contributed by atoms with Crippen molar-refractivity contribution in [2.24, 2.45) is 5.92 Å². The molecule has 18 heavy (non-hydrogen) atoms. The van der Waals surface area contributed by atoms with Crippen LogP contribution in [0.25, 0.3) is 0 Å². The van der Waals surface area contributed by atoms with E-state index in [1.807, 2.05) is 18.7 Å². The van der Waals surface area contributed by atoms with E-state index in [4.69, 9.17) is 9.78 Å². The Morgan fingerprint density at radius 3 is 2.94 bits per heavy atom. The van der Waals surface area contributed by atoms with Gasteiger partial charge >= 0.3 is 0 Å². The average molecular weight is 265 g/mol. The molecule has 0 saturated heterocycles. The summed E-state index contributed by atoms with van der Waals surface area (Å²) in [4.78, 5) is 4.33. The highest BCUT2D eigenvalue weighted by Gasteiger charge is 2.16. The SMILES string of the molecule is CC(C#N)Cc1nc(CSC2CCCCC2)no1. The molecule has 4 nitrogen and oxygen atoms in total. The lowest BCUT2D eigenvalue weighted by molar-refractivity contribution is 0.365. The van der Waals surface area contributed by atoms with Crippen LogP contribution in [0.2, 0.25) is 0 Å². The van der Waals surface area contributed by atoms with Gasteiger partial charge in [-0.05, 0) is 19.8 Å². The highest BCUT2D eigenvalue weighted by atomic mass is 32.2. The first kappa shape index (κ1) is 13.4. The summed E-state index contributed by atoms with van der Waals surface area (Å²) in [7, 11) is 0. The van der Waals surface area contributed by atoms with E-state index in [-0.39, 0.29) is 5.92 Å². The lowest BCUT2D eigenvalue weighted by Crippen LogP contribution is -2.08. The molecule has 0 spiro atoms. The van der Waals surface area contributed by atoms with Crippen LogP contribution in [-0.4, -0.2) is 15.4 Å². The van der Waals surface area contributed by atoms with Gasteiger partial charge in [-0.2, -0.15) is 22.0 Å². The largest absolute Gasteiger partial charge is 0.339 e. The Kier molecular flexibility index (Phi) is 5.06. The molecule has 98 valence electrons. The average Bonchev–Trinajstić information content (AvgIpc) is 2.85. The van der Waals surface area contributed by atoms with E-state index in [1.54, 1.807) is 0 Å². The minimum Gasteiger partial charge on any atom is -0.339 e. The van der Waals surface area contributed by atoms with E-state index in [9.17, 15) is 0 Å². The van der Waals surface area contributed by atoms with Gasteiger partial charge in [0.25, 0.3) is 0 Å². The molecular formula is C13H19N3OS. The van der Waals surface area contributed by atoms with Gasteiger partial charge in [0.05, 0.1) is 17.7 Å². The van der Waals surface area contributed by atoms with Crippen LogP contribution in [-0.2, 0) is 12.2 Å². The van der Waals surface area contributed by atoms with Crippen LogP contribution < -0.4 is 0 Å². The molecule has 1 aliphatic carbocycles. The van der Waals surface area contributed by atoms with Gasteiger partial charge in [-0.15, -0.1) is 0 Å². The molecule has 2 rings (SSSR count). The zero-order chi connectivity index (χ0) is 12.8. The van der Waals surface area contributed by atoms with E-state index in [1.165, 1.54) is 32.1 Å². The van der Waals surface area contributed by atoms with E-state index < -0.39 is 0 Å². The predicted octanol–water partition coefficient (Wildman–Crippen LogP) is 3.34. The molecule has 0 amide bonds. The summed E-state index contributed by atoms with van der Waals surface area (Å²) in [5, 5.41) is 13.5. The minimum absolute atomic E-state index is 0.0655. The van der Waals surface area contributed by atoms with Crippen molar-refractivity contribution in [3.63, 3.8) is 0 Å². The molecule has 0 aromatic carbocycles. The Morgan fingerprint density at radius 2 is 2.22 bits per heavy atom. The second kappa shape index (κ2) is 6.79. The number of nitriles is 1. The van der Waals surface area contributed by atoms with E-state index in [0.29, 0.717) is 12.3 Å². The standard InChI is InChI=1S/C13H19N3OS/c1-10(8-14)7-13-15-12(16-17-13)9-18-11-5-3-2-4-6-11/h10-11H,2-7,9H2,1H3. The third-order valence-electron chi connectivity index (χ3n) is 3.21. The van der Waals surface area contributed by atoms with Crippen molar-refractivity contribution in [1.29, 1.82) is 5.26 Å². The molecule has 1 aliphatic rings. The normalized spacial score (nSPS) is 18.4.